The van der Waals surface area contributed by atoms with Gasteiger partial charge in [-0.3, -0.25) is 4.79 Å². The maximum Gasteiger partial charge on any atom is 1.00 e. The van der Waals surface area contributed by atoms with E-state index in [0.29, 0.717) is 45.2 Å². The molecular weight excluding hydrogens is 591 g/mol. The van der Waals surface area contributed by atoms with Crippen LogP contribution in [0.5, 0.6) is 23.0 Å². The number of fused-ring (bicyclic) bond motifs is 1. The third-order valence-electron chi connectivity index (χ3n) is 6.21. The van der Waals surface area contributed by atoms with Crippen LogP contribution in [0.2, 0.25) is 0 Å². The van der Waals surface area contributed by atoms with Crippen LogP contribution in [0.15, 0.2) is 60.2 Å². The van der Waals surface area contributed by atoms with E-state index in [0.717, 1.165) is 11.7 Å². The van der Waals surface area contributed by atoms with Crippen molar-refractivity contribution in [2.75, 3.05) is 7.11 Å². The van der Waals surface area contributed by atoms with Crippen LogP contribution >= 0.6 is 11.7 Å². The van der Waals surface area contributed by atoms with Crippen molar-refractivity contribution in [3.8, 4) is 23.0 Å². The predicted octanol–water partition coefficient (Wildman–Crippen LogP) is 2.69. The summed E-state index contributed by atoms with van der Waals surface area (Å²) < 4.78 is 32.1. The summed E-state index contributed by atoms with van der Waals surface area (Å²) >= 11 is 1.02. The Morgan fingerprint density at radius 2 is 1.32 bits per heavy atom. The summed E-state index contributed by atoms with van der Waals surface area (Å²) in [5, 5.41) is 12.8. The minimum atomic E-state index is -1.49. The van der Waals surface area contributed by atoms with Crippen LogP contribution in [0.4, 0.5) is 0 Å². The zero-order valence-electron chi connectivity index (χ0n) is 26.3. The van der Waals surface area contributed by atoms with Crippen molar-refractivity contribution in [1.29, 1.82) is 0 Å². The number of carboxylic acid groups (broad SMARTS) is 1. The largest absolute Gasteiger partial charge is 1.00 e. The molecule has 0 bridgehead atoms. The number of aromatic nitrogens is 2. The van der Waals surface area contributed by atoms with Crippen molar-refractivity contribution < 1.29 is 63.2 Å². The predicted molar refractivity (Wildman–Crippen MR) is 164 cm³/mol. The molecule has 0 aliphatic heterocycles. The molecule has 0 unspecified atom stereocenters. The molecule has 0 saturated heterocycles. The van der Waals surface area contributed by atoms with Gasteiger partial charge in [-0.15, -0.1) is 0 Å². The summed E-state index contributed by atoms with van der Waals surface area (Å²) in [5.74, 6) is -0.101. The Hall–Kier alpha value is -3.44. The van der Waals surface area contributed by atoms with Gasteiger partial charge in [-0.2, -0.15) is 8.75 Å². The number of carboxylic acids is 1. The zero-order valence-corrected chi connectivity index (χ0v) is 29.1. The molecule has 0 fully saturated rings. The molecule has 1 heterocycles. The van der Waals surface area contributed by atoms with Crippen molar-refractivity contribution >= 4 is 40.1 Å². The number of aliphatic carboxylic acids is 1. The van der Waals surface area contributed by atoms with E-state index in [2.05, 4.69) is 8.75 Å². The van der Waals surface area contributed by atoms with Crippen LogP contribution in [-0.4, -0.2) is 45.9 Å². The third kappa shape index (κ3) is 8.59. The molecule has 226 valence electrons. The quantitative estimate of drug-likeness (QED) is 0.125. The van der Waals surface area contributed by atoms with Gasteiger partial charge in [0.15, 0.2) is 17.3 Å². The van der Waals surface area contributed by atoms with Gasteiger partial charge in [-0.25, -0.2) is 0 Å². The van der Waals surface area contributed by atoms with Gasteiger partial charge in [0.1, 0.15) is 16.8 Å². The number of carbonyl (C=O) groups excluding carboxylic acids is 2. The van der Waals surface area contributed by atoms with Crippen molar-refractivity contribution in [2.45, 2.75) is 66.3 Å². The zero-order chi connectivity index (χ0) is 31.3. The van der Waals surface area contributed by atoms with Gasteiger partial charge >= 0.3 is 29.6 Å². The van der Waals surface area contributed by atoms with Crippen molar-refractivity contribution in [3.05, 3.63) is 76.9 Å². The van der Waals surface area contributed by atoms with Gasteiger partial charge in [0.05, 0.1) is 43.1 Å². The molecule has 9 nitrogen and oxygen atoms in total. The van der Waals surface area contributed by atoms with Crippen molar-refractivity contribution in [1.82, 2.24) is 8.75 Å². The Labute approximate surface area is 283 Å². The number of hydrogen-bond donors (Lipinski definition) is 0. The monoisotopic (exact) mass is 626 g/mol. The maximum atomic E-state index is 14.1. The van der Waals surface area contributed by atoms with Crippen LogP contribution in [0.25, 0.3) is 16.6 Å². The van der Waals surface area contributed by atoms with E-state index in [1.807, 2.05) is 41.5 Å². The number of ether oxygens (including phenoxy) is 4. The molecule has 0 aliphatic carbocycles. The summed E-state index contributed by atoms with van der Waals surface area (Å²) in [4.78, 5) is 26.9. The smallest absolute Gasteiger partial charge is 0.545 e. The molecule has 44 heavy (non-hydrogen) atoms. The maximum absolute atomic E-state index is 14.1. The fourth-order valence-corrected chi connectivity index (χ4v) is 5.04. The molecule has 0 amide bonds. The number of Topliss-reactive ketones (excluding diaryl/α,β-unsaturated/α-hetero) is 1. The number of ketones is 1. The van der Waals surface area contributed by atoms with Crippen LogP contribution in [-0.2, 0) is 11.2 Å². The number of carbonyl (C=O) groups is 2. The molecule has 0 radical (unpaired) electrons. The van der Waals surface area contributed by atoms with E-state index >= 15 is 0 Å². The van der Waals surface area contributed by atoms with E-state index in [9.17, 15) is 14.7 Å². The molecule has 1 aromatic heterocycles. The van der Waals surface area contributed by atoms with Crippen LogP contribution in [0.1, 0.15) is 63.0 Å². The minimum Gasteiger partial charge on any atom is -0.545 e. The van der Waals surface area contributed by atoms with Crippen molar-refractivity contribution in [3.63, 3.8) is 0 Å². The number of benzene rings is 3. The minimum absolute atomic E-state index is 0. The molecule has 0 atom stereocenters. The van der Waals surface area contributed by atoms with E-state index in [1.165, 1.54) is 7.11 Å². The van der Waals surface area contributed by atoms with Gasteiger partial charge in [0.25, 0.3) is 0 Å². The van der Waals surface area contributed by atoms with Gasteiger partial charge in [0.2, 0.25) is 5.75 Å². The first-order valence-electron chi connectivity index (χ1n) is 14.0. The second kappa shape index (κ2) is 15.5. The second-order valence-electron chi connectivity index (χ2n) is 10.8. The number of hydrogen-bond acceptors (Lipinski definition) is 10. The van der Waals surface area contributed by atoms with Gasteiger partial charge in [0, 0.05) is 23.1 Å². The summed E-state index contributed by atoms with van der Waals surface area (Å²) in [5.41, 5.74) is 2.10. The van der Waals surface area contributed by atoms with Gasteiger partial charge in [-0.05, 0) is 101 Å². The standard InChI is InChI=1S/C33H36N2O7S.Na/c1-18(2)40-28-15-21(16-29(41-19(3)4)32(28)42-20(5)6)14-25(31(36)22-8-11-24(39-7)12-9-22)30(33(37)38)23-10-13-26-27(17-23)35-43-34-26;/h8-13,15-20H,14H2,1-7H3,(H,37,38);/q;+1/p-1/b30-25-;. The first-order chi connectivity index (χ1) is 20.5. The van der Waals surface area contributed by atoms with E-state index in [1.54, 1.807) is 54.6 Å². The van der Waals surface area contributed by atoms with Crippen LogP contribution < -0.4 is 53.6 Å². The average molecular weight is 627 g/mol. The average Bonchev–Trinajstić information content (AvgIpc) is 3.41. The van der Waals surface area contributed by atoms with Crippen molar-refractivity contribution in [2.24, 2.45) is 0 Å². The third-order valence-corrected chi connectivity index (χ3v) is 6.77. The molecule has 0 saturated carbocycles. The first kappa shape index (κ1) is 35.0. The first-order valence-corrected chi connectivity index (χ1v) is 14.7. The molecule has 4 rings (SSSR count). The molecule has 0 spiro atoms. The summed E-state index contributed by atoms with van der Waals surface area (Å²) in [6, 6.07) is 14.9. The number of methoxy groups -OCH3 is 1. The molecule has 3 aromatic carbocycles. The Morgan fingerprint density at radius 3 is 1.84 bits per heavy atom. The van der Waals surface area contributed by atoms with Crippen LogP contribution in [0.3, 0.4) is 0 Å². The van der Waals surface area contributed by atoms with Gasteiger partial charge < -0.3 is 28.8 Å². The number of nitrogens with zero attached hydrogens (tertiary/aromatic N) is 2. The van der Waals surface area contributed by atoms with E-state index in [-0.39, 0.29) is 71.0 Å². The Kier molecular flexibility index (Phi) is 12.4. The molecule has 0 N–H and O–H groups in total. The second-order valence-corrected chi connectivity index (χ2v) is 11.3. The molecule has 11 heteroatoms. The Morgan fingerprint density at radius 1 is 0.773 bits per heavy atom. The van der Waals surface area contributed by atoms with Crippen LogP contribution in [0, 0.1) is 0 Å². The van der Waals surface area contributed by atoms with E-state index in [4.69, 9.17) is 18.9 Å². The molecule has 4 aromatic rings. The number of allylic oxidation sites excluding steroid dienone is 1. The summed E-state index contributed by atoms with van der Waals surface area (Å²) in [6.07, 6.45) is -0.608. The summed E-state index contributed by atoms with van der Waals surface area (Å²) in [6.45, 7) is 11.4. The SMILES string of the molecule is COc1ccc(C(=O)/C(Cc2cc(OC(C)C)c(OC(C)C)c(OC(C)C)c2)=C(\C(=O)[O-])c2ccc3nsnc3c2)cc1.[Na+]. The normalized spacial score (nSPS) is 11.8. The Bertz CT molecular complexity index is 1610. The molecular formula is C33H35N2NaO7S. The summed E-state index contributed by atoms with van der Waals surface area (Å²) in [7, 11) is 1.53. The van der Waals surface area contributed by atoms with E-state index < -0.39 is 11.8 Å². The fraction of sp³-hybridized carbons (Fsp3) is 0.333. The molecule has 0 aliphatic rings. The fourth-order valence-electron chi connectivity index (χ4n) is 4.52. The topological polar surface area (TPSA) is 120 Å². The van der Waals surface area contributed by atoms with Gasteiger partial charge in [-0.1, -0.05) is 6.07 Å². The number of rotatable bonds is 13. The Balaban J connectivity index is 0.00000529.